The first kappa shape index (κ1) is 95.1. The Morgan fingerprint density at radius 3 is 0.933 bits per heavy atom. The zero-order valence-corrected chi connectivity index (χ0v) is 78.4. The quantitative estimate of drug-likeness (QED) is 0.0228. The van der Waals surface area contributed by atoms with Gasteiger partial charge in [0.15, 0.2) is 29.4 Å². The molecule has 120 heavy (non-hydrogen) atoms. The lowest BCUT2D eigenvalue weighted by Crippen LogP contribution is -2.72. The molecule has 1 N–H and O–H groups in total. The van der Waals surface area contributed by atoms with E-state index in [0.29, 0.717) is 43.9 Å². The third-order valence-corrected chi connectivity index (χ3v) is 40.6. The summed E-state index contributed by atoms with van der Waals surface area (Å²) in [5.41, 5.74) is -1.53. The van der Waals surface area contributed by atoms with E-state index in [4.69, 9.17) is 25.0 Å². The molecular formula is C101H117ClF4I2N2O6S2Si2+2. The molecule has 8 saturated carbocycles. The highest BCUT2D eigenvalue weighted by atomic mass is 128. The van der Waals surface area contributed by atoms with Crippen LogP contribution in [0.2, 0.25) is 10.1 Å². The van der Waals surface area contributed by atoms with Crippen molar-refractivity contribution in [2.24, 2.45) is 41.5 Å². The van der Waals surface area contributed by atoms with Crippen LogP contribution >= 0.6 is 48.3 Å². The fraction of sp³-hybridized carbons (Fsp3) is 0.356. The summed E-state index contributed by atoms with van der Waals surface area (Å²) in [5.74, 6) is -7.88. The maximum absolute atomic E-state index is 13.6. The second-order valence-corrected chi connectivity index (χ2v) is 49.3. The lowest BCUT2D eigenvalue weighted by molar-refractivity contribution is -0.197. The Balaban J connectivity index is 0.000000158. The second kappa shape index (κ2) is 42.0. The van der Waals surface area contributed by atoms with Crippen molar-refractivity contribution < 1.29 is 46.2 Å². The third-order valence-electron chi connectivity index (χ3n) is 23.7. The van der Waals surface area contributed by atoms with E-state index in [-0.39, 0.29) is 68.9 Å². The van der Waals surface area contributed by atoms with Gasteiger partial charge < -0.3 is 23.6 Å². The normalized spacial score (nSPS) is 21.7. The van der Waals surface area contributed by atoms with Crippen LogP contribution in [0.1, 0.15) is 140 Å². The van der Waals surface area contributed by atoms with Crippen molar-refractivity contribution in [3.8, 4) is 0 Å². The van der Waals surface area contributed by atoms with Crippen LogP contribution in [-0.2, 0) is 52.3 Å². The smallest absolute Gasteiger partial charge is 0.376 e. The summed E-state index contributed by atoms with van der Waals surface area (Å²) in [6.45, 7) is 14.9. The van der Waals surface area contributed by atoms with E-state index in [2.05, 4.69) is 363 Å². The summed E-state index contributed by atoms with van der Waals surface area (Å²) >= 11 is 11.4. The van der Waals surface area contributed by atoms with Gasteiger partial charge in [0.25, 0.3) is 8.32 Å². The number of aromatic nitrogens is 2. The van der Waals surface area contributed by atoms with Crippen LogP contribution in [0.15, 0.2) is 351 Å². The predicted molar refractivity (Wildman–Crippen MR) is 508 cm³/mol. The van der Waals surface area contributed by atoms with Crippen LogP contribution in [-0.4, -0.2) is 78.6 Å². The number of rotatable bonds is 18. The highest BCUT2D eigenvalue weighted by Crippen LogP contribution is 2.65. The van der Waals surface area contributed by atoms with E-state index in [1.807, 2.05) is 42.1 Å². The van der Waals surface area contributed by atoms with Crippen molar-refractivity contribution in [1.29, 1.82) is 0 Å². The molecule has 11 aromatic rings. The van der Waals surface area contributed by atoms with E-state index in [9.17, 15) is 32.3 Å². The molecule has 8 aliphatic carbocycles. The molecule has 0 saturated heterocycles. The summed E-state index contributed by atoms with van der Waals surface area (Å²) < 4.78 is 72.5. The van der Waals surface area contributed by atoms with Crippen molar-refractivity contribution in [1.82, 2.24) is 9.55 Å². The summed E-state index contributed by atoms with van der Waals surface area (Å²) in [7, 11) is -3.09. The van der Waals surface area contributed by atoms with Crippen LogP contribution in [0.25, 0.3) is 0 Å². The molecular weight excluding hydrogens is 1820 g/mol. The Morgan fingerprint density at radius 2 is 0.700 bits per heavy atom. The number of nitrogens with zero attached hydrogens (tertiary/aromatic N) is 2. The fourth-order valence-corrected chi connectivity index (χ4v) is 32.9. The molecule has 4 atom stereocenters. The molecule has 19 rings (SSSR count). The van der Waals surface area contributed by atoms with Crippen LogP contribution in [0, 0.1) is 34.5 Å². The summed E-state index contributed by atoms with van der Waals surface area (Å²) in [5, 5.41) is 15.5. The van der Waals surface area contributed by atoms with E-state index < -0.39 is 45.1 Å². The van der Waals surface area contributed by atoms with Gasteiger partial charge in [-0.2, -0.15) is 28.6 Å². The molecule has 8 nitrogen and oxygen atoms in total. The van der Waals surface area contributed by atoms with Crippen LogP contribution < -0.4 is 20.7 Å². The fourth-order valence-electron chi connectivity index (χ4n) is 19.7. The average Bonchev–Trinajstić information content (AvgIpc) is 0.715. The van der Waals surface area contributed by atoms with Gasteiger partial charge in [0.1, 0.15) is 0 Å². The predicted octanol–water partition coefficient (Wildman–Crippen LogP) is 24.8. The maximum atomic E-state index is 13.6. The molecule has 10 aromatic carbocycles. The van der Waals surface area contributed by atoms with Gasteiger partial charge in [-0.1, -0.05) is 279 Å². The molecule has 0 aliphatic heterocycles. The summed E-state index contributed by atoms with van der Waals surface area (Å²) in [4.78, 5) is 35.1. The molecule has 8 aliphatic rings. The number of carbonyl (C=O) groups excluding carboxylic acids is 2. The number of aryl methyl sites for hydroxylation is 1. The van der Waals surface area contributed by atoms with Crippen molar-refractivity contribution in [2.45, 2.75) is 202 Å². The Morgan fingerprint density at radius 1 is 0.433 bits per heavy atom. The van der Waals surface area contributed by atoms with Gasteiger partial charge in [0, 0.05) is 81.4 Å². The first-order chi connectivity index (χ1) is 56.8. The number of benzene rings is 10. The molecule has 8 bridgehead atoms. The number of imidazole rings is 1. The highest BCUT2D eigenvalue weighted by molar-refractivity contribution is 15.0. The highest BCUT2D eigenvalue weighted by Gasteiger charge is 2.64. The van der Waals surface area contributed by atoms with Gasteiger partial charge in [0.05, 0.1) is 52.5 Å². The molecule has 8 fully saturated rings. The number of aliphatic hydroxyl groups is 1. The Labute approximate surface area is 746 Å². The number of carbonyl (C=O) groups is 2. The minimum absolute atomic E-state index is 0. The number of alkyl halides is 4. The number of halogens is 7. The SMILES string of the molecule is C.CC(C)(C)[Si](Cl)(c1ccccc1)c1ccccc1.CC(F)(F)C(=O)OCC12CC3CC(C1)CC(O[Si](c1ccccc1)(c1ccccc1)C(C)(C)C)(C3)C2.CC(F)(F)C(=O)OCC12CC3CC(CC(O)(C3)C1)C2.Cn1ccnc1.II.c1ccc([S+](c2ccccc2)c2ccccc2)cc1.c1ccc([S+](c2ccccc2)c2ccccc2)cc1. The van der Waals surface area contributed by atoms with Gasteiger partial charge in [-0.05, 0) is 204 Å². The first-order valence-electron chi connectivity index (χ1n) is 41.1. The van der Waals surface area contributed by atoms with E-state index in [1.54, 1.807) is 12.5 Å². The monoisotopic (exact) mass is 1940 g/mol. The lowest BCUT2D eigenvalue weighted by Gasteiger charge is -2.64. The molecule has 0 amide bonds. The Bertz CT molecular complexity index is 4480. The van der Waals surface area contributed by atoms with Crippen LogP contribution in [0.3, 0.4) is 0 Å². The largest absolute Gasteiger partial charge is 0.461 e. The van der Waals surface area contributed by atoms with Crippen molar-refractivity contribution in [3.63, 3.8) is 0 Å². The van der Waals surface area contributed by atoms with Gasteiger partial charge in [0.2, 0.25) is 7.38 Å². The third kappa shape index (κ3) is 24.1. The van der Waals surface area contributed by atoms with E-state index in [0.717, 1.165) is 70.6 Å². The molecule has 634 valence electrons. The minimum atomic E-state index is -3.47. The van der Waals surface area contributed by atoms with E-state index in [1.165, 1.54) is 50.1 Å². The van der Waals surface area contributed by atoms with Crippen molar-refractivity contribution >= 4 is 118 Å². The number of esters is 2. The lowest BCUT2D eigenvalue weighted by atomic mass is 9.48. The molecule has 1 aromatic heterocycles. The topological polar surface area (TPSA) is 99.9 Å². The minimum Gasteiger partial charge on any atom is -0.461 e. The number of ether oxygens (including phenoxy) is 2. The first-order valence-corrected chi connectivity index (χ1v) is 54.8. The summed E-state index contributed by atoms with van der Waals surface area (Å²) in [6.07, 6.45) is 16.3. The maximum Gasteiger partial charge on any atom is 0.376 e. The Kier molecular flexibility index (Phi) is 33.3. The molecule has 4 unspecified atom stereocenters. The van der Waals surface area contributed by atoms with Crippen molar-refractivity contribution in [2.75, 3.05) is 13.2 Å². The van der Waals surface area contributed by atoms with Crippen molar-refractivity contribution in [3.05, 3.63) is 322 Å². The standard InChI is InChI=1S/C30H38F2O3Si.2C18H15S.C16H19ClSi.C14H20F2O3.C4H6N2.CH4.I2/c1-27(2,3)36(24-11-7-5-8-12-24,25-13-9-6-10-14-25)35-30-18-22-15-23(19-30)17-29(16-22,20-30)21-34-26(33)28(4,31)32;2*1-4-10-16(11-5-1)19(17-12-6-2-7-13-17)18-14-8-3-9-15-18;1-16(2,3)18(17,14-10-6-4-7-11-14)15-12-8-5-9-13-15;1-12(15,16)11(17)19-8-13-3-9-2-10(4-13)6-14(18,5-9)7-13;1-6-3-2-5-4-6;;1-2/h5-14,22-23H,15-21H2,1-4H3;2*1-15H;4-13H,1-3H3;9-10,18H,2-8H2,1H3;2-4H,1H3;1H4;/q;2*+1;;;;;. The molecule has 1 heterocycles. The Hall–Kier alpha value is -7.13. The zero-order valence-electron chi connectivity index (χ0n) is 69.7. The molecule has 0 radical (unpaired) electrons. The number of hydrogen-bond acceptors (Lipinski definition) is 7. The zero-order chi connectivity index (χ0) is 85.2. The number of hydrogen-bond donors (Lipinski definition) is 1. The van der Waals surface area contributed by atoms with Gasteiger partial charge in [-0.15, -0.1) is 0 Å². The van der Waals surface area contributed by atoms with Crippen LogP contribution in [0.4, 0.5) is 17.6 Å². The van der Waals surface area contributed by atoms with Crippen LogP contribution in [0.5, 0.6) is 0 Å². The summed E-state index contributed by atoms with van der Waals surface area (Å²) in [6, 6.07) is 107. The van der Waals surface area contributed by atoms with E-state index >= 15 is 0 Å². The molecule has 19 heteroatoms. The molecule has 0 spiro atoms. The average molecular weight is 1940 g/mol. The van der Waals surface area contributed by atoms with Gasteiger partial charge in [-0.25, -0.2) is 14.6 Å². The van der Waals surface area contributed by atoms with Gasteiger partial charge >= 0.3 is 23.8 Å². The second-order valence-electron chi connectivity index (χ2n) is 35.4. The van der Waals surface area contributed by atoms with Gasteiger partial charge in [-0.3, -0.25) is 0 Å².